The Bertz CT molecular complexity index is 762. The molecule has 0 aliphatic heterocycles. The first-order valence-electron chi connectivity index (χ1n) is 7.01. The molecule has 2 heterocycles. The maximum Gasteiger partial charge on any atom is 0.303 e. The van der Waals surface area contributed by atoms with E-state index >= 15 is 0 Å². The molecule has 0 amide bonds. The largest absolute Gasteiger partial charge is 0.484 e. The van der Waals surface area contributed by atoms with Crippen molar-refractivity contribution in [3.8, 4) is 17.3 Å². The summed E-state index contributed by atoms with van der Waals surface area (Å²) in [5.74, 6) is 1.07. The quantitative estimate of drug-likeness (QED) is 0.715. The second kappa shape index (κ2) is 6.78. The molecule has 0 aliphatic carbocycles. The summed E-state index contributed by atoms with van der Waals surface area (Å²) in [4.78, 5) is 14.7. The summed E-state index contributed by atoms with van der Waals surface area (Å²) in [5, 5.41) is 12.5. The second-order valence-corrected chi connectivity index (χ2v) is 4.82. The van der Waals surface area contributed by atoms with Crippen molar-refractivity contribution in [3.63, 3.8) is 0 Å². The zero-order chi connectivity index (χ0) is 16.1. The Morgan fingerprint density at radius 1 is 1.22 bits per heavy atom. The van der Waals surface area contributed by atoms with Crippen LogP contribution in [0.25, 0.3) is 11.6 Å². The van der Waals surface area contributed by atoms with Crippen LogP contribution in [0.1, 0.15) is 17.9 Å². The summed E-state index contributed by atoms with van der Waals surface area (Å²) in [5.41, 5.74) is 0.942. The summed E-state index contributed by atoms with van der Waals surface area (Å²) >= 11 is 0. The number of benzene rings is 1. The van der Waals surface area contributed by atoms with Crippen molar-refractivity contribution in [2.45, 2.75) is 19.4 Å². The van der Waals surface area contributed by atoms with Gasteiger partial charge < -0.3 is 18.8 Å². The molecule has 118 valence electrons. The molecule has 23 heavy (non-hydrogen) atoms. The van der Waals surface area contributed by atoms with Crippen LogP contribution in [0.5, 0.6) is 5.75 Å². The number of aryl methyl sites for hydroxylation is 1. The highest BCUT2D eigenvalue weighted by molar-refractivity contribution is 5.67. The van der Waals surface area contributed by atoms with E-state index in [-0.39, 0.29) is 13.0 Å². The van der Waals surface area contributed by atoms with E-state index in [1.54, 1.807) is 24.3 Å². The van der Waals surface area contributed by atoms with Crippen LogP contribution in [0.2, 0.25) is 0 Å². The molecule has 0 saturated carbocycles. The van der Waals surface area contributed by atoms with Crippen LogP contribution < -0.4 is 4.74 Å². The highest BCUT2D eigenvalue weighted by atomic mass is 16.5. The first-order valence-corrected chi connectivity index (χ1v) is 7.01. The predicted octanol–water partition coefficient (Wildman–Crippen LogP) is 2.93. The fourth-order valence-corrected chi connectivity index (χ4v) is 1.97. The number of hydrogen-bond acceptors (Lipinski definition) is 6. The van der Waals surface area contributed by atoms with E-state index in [1.165, 1.54) is 6.26 Å². The minimum absolute atomic E-state index is 0.109. The van der Waals surface area contributed by atoms with Crippen molar-refractivity contribution in [2.24, 2.45) is 0 Å². The summed E-state index contributed by atoms with van der Waals surface area (Å²) in [6, 6.07) is 10.7. The molecule has 1 aromatic carbocycles. The normalized spacial score (nSPS) is 10.6. The number of furan rings is 1. The minimum Gasteiger partial charge on any atom is -0.484 e. The number of aromatic nitrogens is 2. The molecule has 0 unspecified atom stereocenters. The third-order valence-corrected chi connectivity index (χ3v) is 3.12. The number of carbonyl (C=O) groups is 1. The molecular formula is C16H14N2O5. The molecule has 3 rings (SSSR count). The molecule has 0 spiro atoms. The van der Waals surface area contributed by atoms with Crippen LogP contribution in [0, 0.1) is 0 Å². The molecule has 0 fully saturated rings. The maximum absolute atomic E-state index is 10.5. The summed E-state index contributed by atoms with van der Waals surface area (Å²) in [7, 11) is 0. The first kappa shape index (κ1) is 14.8. The molecule has 0 radical (unpaired) electrons. The number of nitrogens with zero attached hydrogens (tertiary/aromatic N) is 2. The van der Waals surface area contributed by atoms with Gasteiger partial charge in [-0.2, -0.15) is 4.98 Å². The van der Waals surface area contributed by atoms with Gasteiger partial charge in [0, 0.05) is 6.42 Å². The van der Waals surface area contributed by atoms with E-state index in [2.05, 4.69) is 10.1 Å². The molecule has 0 saturated heterocycles. The van der Waals surface area contributed by atoms with Gasteiger partial charge in [-0.3, -0.25) is 4.79 Å². The van der Waals surface area contributed by atoms with Crippen molar-refractivity contribution in [1.82, 2.24) is 10.1 Å². The van der Waals surface area contributed by atoms with Gasteiger partial charge in [-0.1, -0.05) is 17.3 Å². The van der Waals surface area contributed by atoms with Crippen LogP contribution in [-0.4, -0.2) is 21.2 Å². The average molecular weight is 314 g/mol. The fourth-order valence-electron chi connectivity index (χ4n) is 1.97. The van der Waals surface area contributed by atoms with Gasteiger partial charge in [0.25, 0.3) is 5.89 Å². The van der Waals surface area contributed by atoms with E-state index in [0.717, 1.165) is 5.56 Å². The van der Waals surface area contributed by atoms with Crippen molar-refractivity contribution in [1.29, 1.82) is 0 Å². The molecule has 7 heteroatoms. The zero-order valence-electron chi connectivity index (χ0n) is 12.1. The van der Waals surface area contributed by atoms with Gasteiger partial charge in [-0.05, 0) is 36.2 Å². The predicted molar refractivity (Wildman–Crippen MR) is 78.7 cm³/mol. The van der Waals surface area contributed by atoms with E-state index in [1.807, 2.05) is 12.1 Å². The molecule has 3 aromatic rings. The number of carboxylic acid groups (broad SMARTS) is 1. The van der Waals surface area contributed by atoms with Gasteiger partial charge >= 0.3 is 5.97 Å². The lowest BCUT2D eigenvalue weighted by atomic mass is 10.1. The van der Waals surface area contributed by atoms with E-state index in [0.29, 0.717) is 29.6 Å². The highest BCUT2D eigenvalue weighted by Crippen LogP contribution is 2.18. The Kier molecular flexibility index (Phi) is 4.37. The first-order chi connectivity index (χ1) is 11.2. The van der Waals surface area contributed by atoms with E-state index in [9.17, 15) is 4.79 Å². The van der Waals surface area contributed by atoms with Crippen molar-refractivity contribution in [2.75, 3.05) is 0 Å². The van der Waals surface area contributed by atoms with Gasteiger partial charge in [0.15, 0.2) is 12.4 Å². The van der Waals surface area contributed by atoms with Crippen LogP contribution in [-0.2, 0) is 17.8 Å². The fraction of sp³-hybridized carbons (Fsp3) is 0.188. The molecule has 1 N–H and O–H groups in total. The average Bonchev–Trinajstić information content (AvgIpc) is 3.23. The standard InChI is InChI=1S/C16H14N2O5/c19-15(20)8-5-11-3-6-12(7-4-11)22-10-14-17-16(18-23-14)13-2-1-9-21-13/h1-4,6-7,9H,5,8,10H2,(H,19,20). The minimum atomic E-state index is -0.811. The molecular weight excluding hydrogens is 300 g/mol. The van der Waals surface area contributed by atoms with Gasteiger partial charge in [0.05, 0.1) is 6.26 Å². The molecule has 0 atom stereocenters. The molecule has 2 aromatic heterocycles. The number of rotatable bonds is 7. The van der Waals surface area contributed by atoms with Crippen LogP contribution in [0.3, 0.4) is 0 Å². The Balaban J connectivity index is 1.55. The lowest BCUT2D eigenvalue weighted by Gasteiger charge is -2.04. The lowest BCUT2D eigenvalue weighted by molar-refractivity contribution is -0.136. The van der Waals surface area contributed by atoms with Gasteiger partial charge in [-0.15, -0.1) is 0 Å². The maximum atomic E-state index is 10.5. The van der Waals surface area contributed by atoms with Crippen molar-refractivity contribution in [3.05, 3.63) is 54.1 Å². The second-order valence-electron chi connectivity index (χ2n) is 4.82. The number of ether oxygens (including phenoxy) is 1. The smallest absolute Gasteiger partial charge is 0.303 e. The summed E-state index contributed by atoms with van der Waals surface area (Å²) < 4.78 is 15.8. The SMILES string of the molecule is O=C(O)CCc1ccc(OCc2nc(-c3ccco3)no2)cc1. The third kappa shape index (κ3) is 3.97. The monoisotopic (exact) mass is 314 g/mol. The van der Waals surface area contributed by atoms with Gasteiger partial charge in [-0.25, -0.2) is 0 Å². The summed E-state index contributed by atoms with van der Waals surface area (Å²) in [6.45, 7) is 0.141. The number of aliphatic carboxylic acids is 1. The Morgan fingerprint density at radius 3 is 2.74 bits per heavy atom. The number of hydrogen-bond donors (Lipinski definition) is 1. The van der Waals surface area contributed by atoms with E-state index < -0.39 is 5.97 Å². The third-order valence-electron chi connectivity index (χ3n) is 3.12. The summed E-state index contributed by atoms with van der Waals surface area (Å²) in [6.07, 6.45) is 2.14. The Labute approximate surface area is 131 Å². The molecule has 0 aliphatic rings. The van der Waals surface area contributed by atoms with Gasteiger partial charge in [0.1, 0.15) is 5.75 Å². The molecule has 0 bridgehead atoms. The van der Waals surface area contributed by atoms with Crippen molar-refractivity contribution < 1.29 is 23.6 Å². The zero-order valence-corrected chi connectivity index (χ0v) is 12.1. The van der Waals surface area contributed by atoms with Crippen LogP contribution in [0.4, 0.5) is 0 Å². The lowest BCUT2D eigenvalue weighted by Crippen LogP contribution is -1.98. The Morgan fingerprint density at radius 2 is 2.04 bits per heavy atom. The van der Waals surface area contributed by atoms with Crippen LogP contribution >= 0.6 is 0 Å². The number of carboxylic acids is 1. The van der Waals surface area contributed by atoms with Crippen molar-refractivity contribution >= 4 is 5.97 Å². The van der Waals surface area contributed by atoms with E-state index in [4.69, 9.17) is 18.8 Å². The highest BCUT2D eigenvalue weighted by Gasteiger charge is 2.11. The van der Waals surface area contributed by atoms with Crippen LogP contribution in [0.15, 0.2) is 51.6 Å². The Hall–Kier alpha value is -3.09. The topological polar surface area (TPSA) is 98.6 Å². The van der Waals surface area contributed by atoms with Gasteiger partial charge in [0.2, 0.25) is 5.82 Å². The molecule has 7 nitrogen and oxygen atoms in total.